The third-order valence-electron chi connectivity index (χ3n) is 3.50. The normalized spacial score (nSPS) is 15.6. The lowest BCUT2D eigenvalue weighted by Crippen LogP contribution is -2.28. The van der Waals surface area contributed by atoms with E-state index in [1.807, 2.05) is 6.07 Å². The quantitative estimate of drug-likeness (QED) is 0.805. The van der Waals surface area contributed by atoms with Crippen molar-refractivity contribution in [3.8, 4) is 0 Å². The van der Waals surface area contributed by atoms with E-state index in [0.717, 1.165) is 29.9 Å². The summed E-state index contributed by atoms with van der Waals surface area (Å²) in [6, 6.07) is 6.98. The zero-order valence-corrected chi connectivity index (χ0v) is 11.6. The highest BCUT2D eigenvalue weighted by atomic mass is 15.2. The van der Waals surface area contributed by atoms with E-state index < -0.39 is 0 Å². The predicted octanol–water partition coefficient (Wildman–Crippen LogP) is 2.55. The van der Waals surface area contributed by atoms with Crippen molar-refractivity contribution in [2.75, 3.05) is 6.54 Å². The maximum Gasteiger partial charge on any atom is 0.0547 e. The largest absolute Gasteiger partial charge is 0.325 e. The Morgan fingerprint density at radius 1 is 1.33 bits per heavy atom. The molecule has 0 bridgehead atoms. The molecule has 0 atom stereocenters. The van der Waals surface area contributed by atoms with Crippen LogP contribution in [0.5, 0.6) is 0 Å². The first-order valence-corrected chi connectivity index (χ1v) is 7.08. The van der Waals surface area contributed by atoms with E-state index in [4.69, 9.17) is 5.73 Å². The van der Waals surface area contributed by atoms with Crippen LogP contribution in [0.1, 0.15) is 44.5 Å². The Morgan fingerprint density at radius 2 is 2.06 bits per heavy atom. The van der Waals surface area contributed by atoms with Crippen molar-refractivity contribution in [1.29, 1.82) is 0 Å². The lowest BCUT2D eigenvalue weighted by atomic mass is 10.1. The molecule has 0 aliphatic heterocycles. The van der Waals surface area contributed by atoms with Crippen LogP contribution >= 0.6 is 0 Å². The number of nitrogens with zero attached hydrogens (tertiary/aromatic N) is 2. The minimum Gasteiger partial charge on any atom is -0.325 e. The van der Waals surface area contributed by atoms with Gasteiger partial charge in [0.15, 0.2) is 0 Å². The molecule has 3 nitrogen and oxygen atoms in total. The zero-order valence-electron chi connectivity index (χ0n) is 11.6. The number of rotatable bonds is 7. The van der Waals surface area contributed by atoms with Crippen molar-refractivity contribution in [2.45, 2.75) is 52.2 Å². The summed E-state index contributed by atoms with van der Waals surface area (Å²) in [6.07, 6.45) is 3.98. The molecule has 1 heterocycles. The molecule has 1 fully saturated rings. The number of aromatic nitrogens is 1. The Morgan fingerprint density at radius 3 is 2.67 bits per heavy atom. The molecule has 2 N–H and O–H groups in total. The van der Waals surface area contributed by atoms with Gasteiger partial charge in [-0.3, -0.25) is 9.88 Å². The molecule has 1 aliphatic carbocycles. The molecule has 0 spiro atoms. The lowest BCUT2D eigenvalue weighted by molar-refractivity contribution is 0.236. The van der Waals surface area contributed by atoms with Gasteiger partial charge in [-0.2, -0.15) is 0 Å². The van der Waals surface area contributed by atoms with E-state index in [9.17, 15) is 0 Å². The minimum atomic E-state index is 0.531. The maximum atomic E-state index is 5.64. The van der Waals surface area contributed by atoms with Crippen LogP contribution in [0.15, 0.2) is 18.2 Å². The van der Waals surface area contributed by atoms with Crippen LogP contribution in [0.2, 0.25) is 0 Å². The van der Waals surface area contributed by atoms with E-state index in [2.05, 4.69) is 35.9 Å². The summed E-state index contributed by atoms with van der Waals surface area (Å²) in [5.74, 6) is 0.773. The molecule has 1 aromatic rings. The van der Waals surface area contributed by atoms with Gasteiger partial charge in [-0.25, -0.2) is 0 Å². The first kappa shape index (κ1) is 13.5. The highest BCUT2D eigenvalue weighted by Gasteiger charge is 2.28. The molecule has 1 aromatic heterocycles. The molecule has 0 amide bonds. The van der Waals surface area contributed by atoms with Crippen molar-refractivity contribution in [3.05, 3.63) is 29.6 Å². The van der Waals surface area contributed by atoms with Crippen LogP contribution < -0.4 is 5.73 Å². The Labute approximate surface area is 110 Å². The van der Waals surface area contributed by atoms with Gasteiger partial charge in [0.05, 0.1) is 11.4 Å². The van der Waals surface area contributed by atoms with Gasteiger partial charge in [0, 0.05) is 19.1 Å². The average molecular weight is 247 g/mol. The summed E-state index contributed by atoms with van der Waals surface area (Å²) in [4.78, 5) is 7.19. The number of nitrogens with two attached hydrogens (primary N) is 1. The van der Waals surface area contributed by atoms with Gasteiger partial charge in [-0.1, -0.05) is 19.9 Å². The van der Waals surface area contributed by atoms with Crippen LogP contribution in [0.3, 0.4) is 0 Å². The van der Waals surface area contributed by atoms with Crippen LogP contribution in [-0.2, 0) is 13.1 Å². The zero-order chi connectivity index (χ0) is 13.0. The fourth-order valence-electron chi connectivity index (χ4n) is 2.19. The second kappa shape index (κ2) is 6.30. The molecule has 2 rings (SSSR count). The summed E-state index contributed by atoms with van der Waals surface area (Å²) in [5, 5.41) is 0. The van der Waals surface area contributed by atoms with Gasteiger partial charge >= 0.3 is 0 Å². The van der Waals surface area contributed by atoms with E-state index in [0.29, 0.717) is 6.54 Å². The molecular weight excluding hydrogens is 222 g/mol. The predicted molar refractivity (Wildman–Crippen MR) is 75.0 cm³/mol. The summed E-state index contributed by atoms with van der Waals surface area (Å²) >= 11 is 0. The second-order valence-electron chi connectivity index (χ2n) is 5.71. The minimum absolute atomic E-state index is 0.531. The van der Waals surface area contributed by atoms with Gasteiger partial charge < -0.3 is 5.73 Å². The molecule has 100 valence electrons. The molecule has 0 radical (unpaired) electrons. The monoisotopic (exact) mass is 247 g/mol. The first-order valence-electron chi connectivity index (χ1n) is 7.08. The summed E-state index contributed by atoms with van der Waals surface area (Å²) in [6.45, 7) is 7.28. The van der Waals surface area contributed by atoms with Crippen molar-refractivity contribution < 1.29 is 0 Å². The Kier molecular flexibility index (Phi) is 4.72. The molecule has 18 heavy (non-hydrogen) atoms. The highest BCUT2D eigenvalue weighted by Crippen LogP contribution is 2.28. The average Bonchev–Trinajstić information content (AvgIpc) is 3.18. The van der Waals surface area contributed by atoms with Gasteiger partial charge in [0.25, 0.3) is 0 Å². The van der Waals surface area contributed by atoms with Gasteiger partial charge in [-0.05, 0) is 43.9 Å². The number of pyridine rings is 1. The third kappa shape index (κ3) is 4.07. The SMILES string of the molecule is CC(C)CCN(Cc1cccc(CN)n1)C1CC1. The second-order valence-corrected chi connectivity index (χ2v) is 5.71. The van der Waals surface area contributed by atoms with Gasteiger partial charge in [-0.15, -0.1) is 0 Å². The molecule has 1 aliphatic rings. The summed E-state index contributed by atoms with van der Waals surface area (Å²) in [5.41, 5.74) is 7.80. The fraction of sp³-hybridized carbons (Fsp3) is 0.667. The van der Waals surface area contributed by atoms with Crippen molar-refractivity contribution in [1.82, 2.24) is 9.88 Å². The Hall–Kier alpha value is -0.930. The fourth-order valence-corrected chi connectivity index (χ4v) is 2.19. The summed E-state index contributed by atoms with van der Waals surface area (Å²) < 4.78 is 0. The van der Waals surface area contributed by atoms with Crippen LogP contribution in [0, 0.1) is 5.92 Å². The van der Waals surface area contributed by atoms with Crippen LogP contribution in [0.25, 0.3) is 0 Å². The van der Waals surface area contributed by atoms with E-state index >= 15 is 0 Å². The molecule has 0 unspecified atom stereocenters. The van der Waals surface area contributed by atoms with Crippen molar-refractivity contribution >= 4 is 0 Å². The Bertz CT molecular complexity index is 372. The van der Waals surface area contributed by atoms with Crippen LogP contribution in [0.4, 0.5) is 0 Å². The number of hydrogen-bond acceptors (Lipinski definition) is 3. The molecule has 3 heteroatoms. The van der Waals surface area contributed by atoms with E-state index in [1.54, 1.807) is 0 Å². The lowest BCUT2D eigenvalue weighted by Gasteiger charge is -2.22. The molecule has 0 aromatic carbocycles. The third-order valence-corrected chi connectivity index (χ3v) is 3.50. The highest BCUT2D eigenvalue weighted by molar-refractivity contribution is 5.11. The maximum absolute atomic E-state index is 5.64. The molecule has 0 saturated heterocycles. The first-order chi connectivity index (χ1) is 8.69. The number of hydrogen-bond donors (Lipinski definition) is 1. The van der Waals surface area contributed by atoms with Gasteiger partial charge in [0.2, 0.25) is 0 Å². The summed E-state index contributed by atoms with van der Waals surface area (Å²) in [7, 11) is 0. The molecule has 1 saturated carbocycles. The van der Waals surface area contributed by atoms with Crippen molar-refractivity contribution in [3.63, 3.8) is 0 Å². The standard InChI is InChI=1S/C15H25N3/c1-12(2)8-9-18(15-6-7-15)11-14-5-3-4-13(10-16)17-14/h3-5,12,15H,6-11,16H2,1-2H3. The van der Waals surface area contributed by atoms with E-state index in [1.165, 1.54) is 25.8 Å². The van der Waals surface area contributed by atoms with Crippen LogP contribution in [-0.4, -0.2) is 22.5 Å². The smallest absolute Gasteiger partial charge is 0.0547 e. The molecular formula is C15H25N3. The topological polar surface area (TPSA) is 42.1 Å². The van der Waals surface area contributed by atoms with E-state index in [-0.39, 0.29) is 0 Å². The van der Waals surface area contributed by atoms with Crippen molar-refractivity contribution in [2.24, 2.45) is 11.7 Å². The van der Waals surface area contributed by atoms with Gasteiger partial charge in [0.1, 0.15) is 0 Å². The Balaban J connectivity index is 1.94.